The molecule has 19 nitrogen and oxygen atoms in total. The molecule has 0 fully saturated rings. The van der Waals surface area contributed by atoms with E-state index in [4.69, 9.17) is 37.0 Å². The summed E-state index contributed by atoms with van der Waals surface area (Å²) >= 11 is 0. The Labute approximate surface area is 548 Å². The number of phosphoric ester groups is 2. The van der Waals surface area contributed by atoms with Gasteiger partial charge in [-0.05, 0) is 51.4 Å². The number of esters is 2. The van der Waals surface area contributed by atoms with Crippen LogP contribution in [-0.4, -0.2) is 118 Å². The van der Waals surface area contributed by atoms with Crippen LogP contribution in [0.4, 0.5) is 4.79 Å². The number of ether oxygens (including phenoxy) is 4. The molecule has 5 N–H and O–H groups in total. The van der Waals surface area contributed by atoms with Crippen LogP contribution in [0.1, 0.15) is 336 Å². The number of unbranched alkanes of at least 4 members (excludes halogenated alkanes) is 34. The summed E-state index contributed by atoms with van der Waals surface area (Å²) in [5.74, 6) is -0.556. The zero-order chi connectivity index (χ0) is 66.1. The molecule has 90 heavy (non-hydrogen) atoms. The molecule has 0 aromatic rings. The first-order valence-corrected chi connectivity index (χ1v) is 39.8. The third-order valence-electron chi connectivity index (χ3n) is 16.1. The van der Waals surface area contributed by atoms with Gasteiger partial charge >= 0.3 is 33.6 Å². The Hall–Kier alpha value is -2.18. The zero-order valence-corrected chi connectivity index (χ0v) is 59.8. The van der Waals surface area contributed by atoms with Crippen LogP contribution in [0.25, 0.3) is 0 Å². The van der Waals surface area contributed by atoms with Crippen molar-refractivity contribution in [2.45, 2.75) is 355 Å². The van der Waals surface area contributed by atoms with E-state index in [0.29, 0.717) is 51.6 Å². The third kappa shape index (κ3) is 63.2. The third-order valence-corrected chi connectivity index (χ3v) is 18.1. The summed E-state index contributed by atoms with van der Waals surface area (Å²) in [6.45, 7) is 10.4. The van der Waals surface area contributed by atoms with E-state index >= 15 is 0 Å². The molecule has 0 aliphatic heterocycles. The highest BCUT2D eigenvalue weighted by atomic mass is 31.2. The van der Waals surface area contributed by atoms with Gasteiger partial charge in [-0.2, -0.15) is 0 Å². The number of nitrogens with one attached hydrogen (secondary N) is 3. The summed E-state index contributed by atoms with van der Waals surface area (Å²) in [5.41, 5.74) is 0. The van der Waals surface area contributed by atoms with E-state index in [1.807, 2.05) is 0 Å². The van der Waals surface area contributed by atoms with Crippen molar-refractivity contribution >= 4 is 39.5 Å². The first kappa shape index (κ1) is 87.8. The summed E-state index contributed by atoms with van der Waals surface area (Å²) in [6.07, 6.45) is 48.4. The number of carbonyl (C=O) groups excluding carboxylic acids is 4. The van der Waals surface area contributed by atoms with E-state index in [2.05, 4.69) is 50.6 Å². The lowest BCUT2D eigenvalue weighted by Gasteiger charge is -2.22. The maximum atomic E-state index is 13.2. The van der Waals surface area contributed by atoms with Gasteiger partial charge in [0.2, 0.25) is 5.91 Å². The van der Waals surface area contributed by atoms with Gasteiger partial charge in [0.15, 0.2) is 0 Å². The van der Waals surface area contributed by atoms with Gasteiger partial charge in [-0.25, -0.2) is 13.9 Å². The molecule has 0 rings (SSSR count). The maximum Gasteiger partial charge on any atom is 0.472 e. The van der Waals surface area contributed by atoms with Crippen LogP contribution in [-0.2, 0) is 60.6 Å². The standard InChI is InChI=1S/C69H137N3O16P2/c1-6-11-16-21-24-27-28-31-32-37-42-48-66(73)72-63(61-82-58-52-65(47-41-36-20-15-10-5)88-68(75)50-44-39-34-30-26-23-18-13-8-3)62-86-90(79,80)85-60-54-71-69(76)70-53-59-84-89(77,78)83-56-45-55-81-57-51-64(46-40-35-19-14-9-4)87-67(74)49-43-38-33-29-25-22-17-12-7-2/h63-65H,6-62H2,1-5H3,(H,72,73)(H,77,78)(H,79,80)(H2,70,71,76)/t63-,64+,65+/m0/s1. The normalized spacial score (nSPS) is 13.9. The van der Waals surface area contributed by atoms with Crippen molar-refractivity contribution in [3.05, 3.63) is 0 Å². The largest absolute Gasteiger partial charge is 0.472 e. The summed E-state index contributed by atoms with van der Waals surface area (Å²) in [7, 11) is -9.07. The Morgan fingerprint density at radius 1 is 0.344 bits per heavy atom. The lowest BCUT2D eigenvalue weighted by Crippen LogP contribution is -2.41. The zero-order valence-electron chi connectivity index (χ0n) is 58.0. The molecule has 0 bridgehead atoms. The van der Waals surface area contributed by atoms with Gasteiger partial charge < -0.3 is 44.7 Å². The van der Waals surface area contributed by atoms with Crippen molar-refractivity contribution in [1.29, 1.82) is 0 Å². The van der Waals surface area contributed by atoms with Gasteiger partial charge in [0.25, 0.3) is 0 Å². The minimum absolute atomic E-state index is 0.0146. The van der Waals surface area contributed by atoms with Crippen LogP contribution in [0.3, 0.4) is 0 Å². The molecule has 534 valence electrons. The quantitative estimate of drug-likeness (QED) is 0.0216. The second kappa shape index (κ2) is 65.5. The molecule has 2 unspecified atom stereocenters. The van der Waals surface area contributed by atoms with E-state index in [1.54, 1.807) is 0 Å². The molecule has 0 saturated heterocycles. The average Bonchev–Trinajstić information content (AvgIpc) is 3.72. The summed E-state index contributed by atoms with van der Waals surface area (Å²) in [6, 6.07) is -1.46. The van der Waals surface area contributed by atoms with Crippen LogP contribution >= 0.6 is 15.6 Å². The smallest absolute Gasteiger partial charge is 0.462 e. The first-order chi connectivity index (χ1) is 43.7. The van der Waals surface area contributed by atoms with E-state index in [-0.39, 0.29) is 82.8 Å². The second-order valence-corrected chi connectivity index (χ2v) is 27.8. The van der Waals surface area contributed by atoms with Crippen molar-refractivity contribution in [3.63, 3.8) is 0 Å². The molecular formula is C69H137N3O16P2. The molecule has 0 spiro atoms. The SMILES string of the molecule is CCCCCCCCCCCCCC(=O)N[C@@H](COCC[C@@H](CCCCCCC)OC(=O)CCCCCCCCCCC)COP(=O)(O)OCCNC(=O)NCCOP(=O)(O)OCCCOCC[C@@H](CCCCCCC)OC(=O)CCCCCCCCCCC. The number of hydrogen-bond donors (Lipinski definition) is 5. The molecule has 0 saturated carbocycles. The van der Waals surface area contributed by atoms with Crippen LogP contribution in [0.2, 0.25) is 0 Å². The topological polar surface area (TPSA) is 253 Å². The van der Waals surface area contributed by atoms with Gasteiger partial charge in [-0.3, -0.25) is 32.5 Å². The first-order valence-electron chi connectivity index (χ1n) is 36.8. The lowest BCUT2D eigenvalue weighted by atomic mass is 10.1. The fourth-order valence-corrected chi connectivity index (χ4v) is 12.1. The van der Waals surface area contributed by atoms with Gasteiger partial charge in [0.1, 0.15) is 12.2 Å². The highest BCUT2D eigenvalue weighted by molar-refractivity contribution is 7.47. The molecule has 0 aromatic carbocycles. The molecule has 0 heterocycles. The average molecular weight is 1330 g/mol. The Balaban J connectivity index is 4.95. The van der Waals surface area contributed by atoms with Crippen molar-refractivity contribution in [1.82, 2.24) is 16.0 Å². The highest BCUT2D eigenvalue weighted by Gasteiger charge is 2.26. The van der Waals surface area contributed by atoms with E-state index in [0.717, 1.165) is 128 Å². The molecule has 5 atom stereocenters. The number of hydrogen-bond acceptors (Lipinski definition) is 14. The Kier molecular flexibility index (Phi) is 63.9. The van der Waals surface area contributed by atoms with Gasteiger partial charge in [0, 0.05) is 51.8 Å². The number of urea groups is 1. The molecule has 21 heteroatoms. The molecule has 0 aliphatic rings. The predicted molar refractivity (Wildman–Crippen MR) is 364 cm³/mol. The van der Waals surface area contributed by atoms with Gasteiger partial charge in [-0.1, -0.05) is 253 Å². The molecular weight excluding hydrogens is 1190 g/mol. The summed E-state index contributed by atoms with van der Waals surface area (Å²) in [5, 5.41) is 7.86. The van der Waals surface area contributed by atoms with Gasteiger partial charge in [0.05, 0.1) is 52.3 Å². The molecule has 0 aromatic heterocycles. The Morgan fingerprint density at radius 2 is 0.678 bits per heavy atom. The molecule has 3 amide bonds. The van der Waals surface area contributed by atoms with Crippen LogP contribution < -0.4 is 16.0 Å². The number of rotatable bonds is 71. The maximum absolute atomic E-state index is 13.2. The fraction of sp³-hybridized carbons (Fsp3) is 0.942. The van der Waals surface area contributed by atoms with Crippen LogP contribution in [0, 0.1) is 0 Å². The van der Waals surface area contributed by atoms with E-state index in [9.17, 15) is 38.1 Å². The monoisotopic (exact) mass is 1330 g/mol. The predicted octanol–water partition coefficient (Wildman–Crippen LogP) is 18.3. The summed E-state index contributed by atoms with van der Waals surface area (Å²) in [4.78, 5) is 72.0. The number of phosphoric acid groups is 2. The minimum atomic E-state index is -4.65. The fourth-order valence-electron chi connectivity index (χ4n) is 10.6. The highest BCUT2D eigenvalue weighted by Crippen LogP contribution is 2.43. The van der Waals surface area contributed by atoms with Crippen LogP contribution in [0.15, 0.2) is 0 Å². The second-order valence-electron chi connectivity index (χ2n) is 24.9. The lowest BCUT2D eigenvalue weighted by molar-refractivity contribution is -0.151. The van der Waals surface area contributed by atoms with Crippen molar-refractivity contribution in [3.8, 4) is 0 Å². The molecule has 0 radical (unpaired) electrons. The van der Waals surface area contributed by atoms with Crippen molar-refractivity contribution < 1.29 is 75.1 Å². The van der Waals surface area contributed by atoms with E-state index in [1.165, 1.54) is 128 Å². The Morgan fingerprint density at radius 3 is 1.08 bits per heavy atom. The minimum Gasteiger partial charge on any atom is -0.462 e. The van der Waals surface area contributed by atoms with Crippen molar-refractivity contribution in [2.75, 3.05) is 65.9 Å². The van der Waals surface area contributed by atoms with E-state index < -0.39 is 34.3 Å². The number of amides is 3. The number of carbonyl (C=O) groups is 4. The van der Waals surface area contributed by atoms with Gasteiger partial charge in [-0.15, -0.1) is 0 Å². The van der Waals surface area contributed by atoms with Crippen LogP contribution in [0.5, 0.6) is 0 Å². The Bertz CT molecular complexity index is 1740. The summed E-state index contributed by atoms with van der Waals surface area (Å²) < 4.78 is 69.7. The van der Waals surface area contributed by atoms with Crippen molar-refractivity contribution in [2.24, 2.45) is 0 Å². The molecule has 0 aliphatic carbocycles.